The predicted octanol–water partition coefficient (Wildman–Crippen LogP) is 3.75. The molecule has 0 saturated carbocycles. The van der Waals surface area contributed by atoms with Gasteiger partial charge in [0.25, 0.3) is 10.0 Å². The molecule has 0 N–H and O–H groups in total. The van der Waals surface area contributed by atoms with E-state index in [2.05, 4.69) is 0 Å². The summed E-state index contributed by atoms with van der Waals surface area (Å²) in [6.45, 7) is -3.15. The molecule has 0 aliphatic rings. The molecule has 36 heavy (non-hydrogen) atoms. The van der Waals surface area contributed by atoms with E-state index in [1.807, 2.05) is 0 Å². The van der Waals surface area contributed by atoms with Crippen LogP contribution in [0.4, 0.5) is 74.6 Å². The summed E-state index contributed by atoms with van der Waals surface area (Å²) in [6, 6.07) is 0. The van der Waals surface area contributed by atoms with E-state index in [0.29, 0.717) is 0 Å². The van der Waals surface area contributed by atoms with Gasteiger partial charge in [-0.3, -0.25) is 0 Å². The molecule has 0 fully saturated rings. The third-order valence-electron chi connectivity index (χ3n) is 4.14. The first kappa shape index (κ1) is 34.2. The van der Waals surface area contributed by atoms with Gasteiger partial charge >= 0.3 is 47.0 Å². The van der Waals surface area contributed by atoms with Crippen LogP contribution in [0.2, 0.25) is 0 Å². The Morgan fingerprint density at radius 3 is 1.22 bits per heavy atom. The number of carboxylic acid groups (broad SMARTS) is 1. The van der Waals surface area contributed by atoms with E-state index >= 15 is 0 Å². The van der Waals surface area contributed by atoms with Gasteiger partial charge in [0.15, 0.2) is 0 Å². The highest BCUT2D eigenvalue weighted by molar-refractivity contribution is 7.90. The smallest absolute Gasteiger partial charge is 0.460 e. The Kier molecular flexibility index (Phi) is 8.72. The number of carbonyl (C=O) groups excluding carboxylic acids is 1. The third kappa shape index (κ3) is 4.52. The normalized spacial score (nSPS) is 16.0. The number of hydrogen-bond acceptors (Lipinski definition) is 4. The number of nitrogens with zero attached hydrogens (tertiary/aromatic N) is 1. The Balaban J connectivity index is 7.07. The Hall–Kier alpha value is -1.81. The summed E-state index contributed by atoms with van der Waals surface area (Å²) in [5.74, 6) is -55.0. The second-order valence-electron chi connectivity index (χ2n) is 6.67. The Morgan fingerprint density at radius 2 is 0.944 bits per heavy atom. The van der Waals surface area contributed by atoms with Crippen molar-refractivity contribution < 1.29 is 93.0 Å². The average molecular weight is 598 g/mol. The van der Waals surface area contributed by atoms with Crippen LogP contribution in [0.1, 0.15) is 13.3 Å². The molecule has 0 aliphatic heterocycles. The van der Waals surface area contributed by atoms with Crippen LogP contribution in [0.25, 0.3) is 0 Å². The summed E-state index contributed by atoms with van der Waals surface area (Å²) in [6.07, 6.45) is -8.72. The zero-order valence-corrected chi connectivity index (χ0v) is 17.4. The number of alkyl halides is 17. The van der Waals surface area contributed by atoms with Gasteiger partial charge in [-0.15, -0.1) is 0 Å². The zero-order valence-electron chi connectivity index (χ0n) is 16.5. The van der Waals surface area contributed by atoms with E-state index in [1.54, 1.807) is 0 Å². The van der Waals surface area contributed by atoms with Crippen molar-refractivity contribution in [2.24, 2.45) is 0 Å². The molecule has 5 nitrogen and oxygen atoms in total. The van der Waals surface area contributed by atoms with Gasteiger partial charge in [-0.05, 0) is 6.42 Å². The molecule has 0 saturated heterocycles. The third-order valence-corrected chi connectivity index (χ3v) is 6.03. The van der Waals surface area contributed by atoms with Crippen LogP contribution in [0.3, 0.4) is 0 Å². The zero-order chi connectivity index (χ0) is 29.8. The van der Waals surface area contributed by atoms with Crippen LogP contribution in [-0.2, 0) is 14.8 Å². The molecule has 0 rings (SSSR count). The van der Waals surface area contributed by atoms with Crippen molar-refractivity contribution in [3.63, 3.8) is 0 Å². The number of carboxylic acids is 1. The van der Waals surface area contributed by atoms with Gasteiger partial charge in [0.2, 0.25) is 0 Å². The van der Waals surface area contributed by atoms with Crippen molar-refractivity contribution >= 4 is 16.0 Å². The summed E-state index contributed by atoms with van der Waals surface area (Å²) in [5.41, 5.74) is 0. The summed E-state index contributed by atoms with van der Waals surface area (Å²) >= 11 is 0. The SMILES string of the molecule is CCCN(CC(=O)[O-])S(=O)(=O)C(F)(F)C(F)(F)C(F)(F)C(F)(F)C(F)(F)C(F)(F)C(F)(F)C(F)(F)F. The molecular weight excluding hydrogens is 589 g/mol. The van der Waals surface area contributed by atoms with Crippen LogP contribution in [0, 0.1) is 0 Å². The fourth-order valence-corrected chi connectivity index (χ4v) is 3.63. The van der Waals surface area contributed by atoms with E-state index in [9.17, 15) is 93.0 Å². The van der Waals surface area contributed by atoms with Crippen LogP contribution >= 0.6 is 0 Å². The Morgan fingerprint density at radius 1 is 0.639 bits per heavy atom. The summed E-state index contributed by atoms with van der Waals surface area (Å²) in [7, 11) is -7.64. The quantitative estimate of drug-likeness (QED) is 0.321. The first-order chi connectivity index (χ1) is 15.4. The lowest BCUT2D eigenvalue weighted by Crippen LogP contribution is -2.75. The first-order valence-electron chi connectivity index (χ1n) is 8.28. The van der Waals surface area contributed by atoms with Crippen LogP contribution in [0.5, 0.6) is 0 Å². The summed E-state index contributed by atoms with van der Waals surface area (Å²) in [4.78, 5) is 10.4. The van der Waals surface area contributed by atoms with E-state index in [0.717, 1.165) is 6.92 Å². The van der Waals surface area contributed by atoms with Crippen molar-refractivity contribution in [1.82, 2.24) is 4.31 Å². The first-order valence-corrected chi connectivity index (χ1v) is 9.72. The van der Waals surface area contributed by atoms with Gasteiger partial charge in [0.1, 0.15) is 0 Å². The second kappa shape index (κ2) is 9.19. The minimum Gasteiger partial charge on any atom is -0.549 e. The van der Waals surface area contributed by atoms with E-state index in [4.69, 9.17) is 0 Å². The minimum atomic E-state index is -8.95. The fourth-order valence-electron chi connectivity index (χ4n) is 2.15. The molecule has 0 amide bonds. The second-order valence-corrected chi connectivity index (χ2v) is 8.65. The molecule has 0 spiro atoms. The van der Waals surface area contributed by atoms with E-state index in [-0.39, 0.29) is 0 Å². The molecule has 0 aliphatic carbocycles. The molecule has 0 aromatic carbocycles. The van der Waals surface area contributed by atoms with Crippen LogP contribution in [-0.4, -0.2) is 78.7 Å². The molecule has 0 aromatic heterocycles. The Labute approximate surface area is 187 Å². The van der Waals surface area contributed by atoms with E-state index in [1.165, 1.54) is 0 Å². The maximum Gasteiger partial charge on any atom is 0.460 e. The number of carbonyl (C=O) groups is 1. The van der Waals surface area contributed by atoms with Gasteiger partial charge in [-0.1, -0.05) is 6.92 Å². The van der Waals surface area contributed by atoms with Crippen molar-refractivity contribution in [3.05, 3.63) is 0 Å². The molecule has 0 aromatic rings. The molecule has 0 radical (unpaired) electrons. The monoisotopic (exact) mass is 598 g/mol. The van der Waals surface area contributed by atoms with Gasteiger partial charge in [-0.25, -0.2) is 8.42 Å². The van der Waals surface area contributed by atoms with Gasteiger partial charge in [0.05, 0.1) is 12.5 Å². The predicted molar refractivity (Wildman–Crippen MR) is 76.5 cm³/mol. The standard InChI is InChI=1S/C13H10F17NO4S/c1-2-3-31(4-5(32)33)36(34,35)13(29,30)11(24,25)9(20,21)7(16,17)6(14,15)8(18,19)10(22,23)12(26,27)28/h2-4H2,1H3,(H,32,33)/p-1. The van der Waals surface area contributed by atoms with Crippen LogP contribution < -0.4 is 5.11 Å². The lowest BCUT2D eigenvalue weighted by atomic mass is 9.91. The molecule has 0 atom stereocenters. The highest BCUT2D eigenvalue weighted by Gasteiger charge is 2.96. The molecule has 216 valence electrons. The molecule has 0 bridgehead atoms. The molecular formula is C13H9F17NO4S-. The number of aliphatic carboxylic acids is 1. The topological polar surface area (TPSA) is 77.5 Å². The lowest BCUT2D eigenvalue weighted by molar-refractivity contribution is -0.458. The number of hydrogen-bond donors (Lipinski definition) is 0. The highest BCUT2D eigenvalue weighted by atomic mass is 32.2. The summed E-state index contributed by atoms with van der Waals surface area (Å²) < 4.78 is 247. The number of halogens is 17. The fraction of sp³-hybridized carbons (Fsp3) is 0.923. The van der Waals surface area contributed by atoms with Gasteiger partial charge in [-0.2, -0.15) is 78.9 Å². The van der Waals surface area contributed by atoms with Gasteiger partial charge in [0, 0.05) is 6.54 Å². The van der Waals surface area contributed by atoms with Crippen LogP contribution in [0.15, 0.2) is 0 Å². The molecule has 23 heteroatoms. The molecule has 0 heterocycles. The van der Waals surface area contributed by atoms with Crippen molar-refractivity contribution in [2.75, 3.05) is 13.1 Å². The maximum absolute atomic E-state index is 14.0. The number of rotatable bonds is 12. The minimum absolute atomic E-state index is 0.794. The van der Waals surface area contributed by atoms with Crippen molar-refractivity contribution in [1.29, 1.82) is 0 Å². The Bertz CT molecular complexity index is 927. The van der Waals surface area contributed by atoms with E-state index < -0.39 is 86.8 Å². The summed E-state index contributed by atoms with van der Waals surface area (Å²) in [5, 5.41) is 2.62. The number of sulfonamides is 1. The lowest BCUT2D eigenvalue weighted by Gasteiger charge is -2.43. The average Bonchev–Trinajstić information content (AvgIpc) is 2.65. The highest BCUT2D eigenvalue weighted by Crippen LogP contribution is 2.64. The maximum atomic E-state index is 14.0. The van der Waals surface area contributed by atoms with Crippen molar-refractivity contribution in [3.8, 4) is 0 Å². The largest absolute Gasteiger partial charge is 0.549 e. The van der Waals surface area contributed by atoms with Crippen molar-refractivity contribution in [2.45, 2.75) is 60.3 Å². The molecule has 0 unspecified atom stereocenters. The van der Waals surface area contributed by atoms with Gasteiger partial charge < -0.3 is 9.90 Å².